The van der Waals surface area contributed by atoms with Crippen LogP contribution in [0.25, 0.3) is 16.2 Å². The Hall–Kier alpha value is 0.162. The molecule has 6 nitrogen and oxygen atoms in total. The van der Waals surface area contributed by atoms with Crippen LogP contribution in [0, 0.1) is 67.1 Å². The van der Waals surface area contributed by atoms with Crippen molar-refractivity contribution in [2.45, 2.75) is 62.3 Å². The van der Waals surface area contributed by atoms with Crippen molar-refractivity contribution in [1.29, 1.82) is 0 Å². The molecule has 33 heavy (non-hydrogen) atoms. The van der Waals surface area contributed by atoms with E-state index < -0.39 is 0 Å². The van der Waals surface area contributed by atoms with Crippen molar-refractivity contribution in [3.05, 3.63) is 86.3 Å². The van der Waals surface area contributed by atoms with Crippen molar-refractivity contribution in [1.82, 2.24) is 13.7 Å². The van der Waals surface area contributed by atoms with E-state index in [0.717, 1.165) is 40.0 Å². The Bertz CT molecular complexity index is 1040. The van der Waals surface area contributed by atoms with Crippen LogP contribution >= 0.6 is 0 Å². The van der Waals surface area contributed by atoms with E-state index in [4.69, 9.17) is 16.2 Å². The molecule has 0 bridgehead atoms. The van der Waals surface area contributed by atoms with Gasteiger partial charge in [0.25, 0.3) is 0 Å². The third-order valence-electron chi connectivity index (χ3n) is 5.06. The maximum Gasteiger partial charge on any atom is 0 e. The molecule has 3 radical (unpaired) electrons. The third-order valence-corrected chi connectivity index (χ3v) is 5.06. The first-order valence-electron chi connectivity index (χ1n) is 9.65. The Morgan fingerprint density at radius 1 is 0.788 bits per heavy atom. The largest absolute Gasteiger partial charge is 0.554 e. The fourth-order valence-corrected chi connectivity index (χ4v) is 2.56. The van der Waals surface area contributed by atoms with Crippen molar-refractivity contribution < 1.29 is 98.1 Å². The molecule has 0 aliphatic rings. The van der Waals surface area contributed by atoms with Gasteiger partial charge in [-0.05, 0) is 0 Å². The van der Waals surface area contributed by atoms with E-state index in [-0.39, 0.29) is 110 Å². The average Bonchev–Trinajstić information content (AvgIpc) is 3.28. The summed E-state index contributed by atoms with van der Waals surface area (Å²) >= 11 is 0. The van der Waals surface area contributed by atoms with Gasteiger partial charge < -0.3 is 29.9 Å². The molecule has 3 rings (SSSR count). The summed E-state index contributed by atoms with van der Waals surface area (Å²) in [5.74, 6) is 0.529. The van der Waals surface area contributed by atoms with Crippen LogP contribution in [0.1, 0.15) is 53.1 Å². The Morgan fingerprint density at radius 2 is 1.33 bits per heavy atom. The zero-order chi connectivity index (χ0) is 23.2. The number of hydrogen-bond donors (Lipinski definition) is 0. The number of hydrogen-bond acceptors (Lipinski definition) is 0. The minimum Gasteiger partial charge on any atom is -0.554 e. The summed E-state index contributed by atoms with van der Waals surface area (Å²) in [5.41, 5.74) is 7.73. The molecule has 0 amide bonds. The molecular formula is C24H30N6Y3-6. The Balaban J connectivity index is -0.000000391. The van der Waals surface area contributed by atoms with Crippen LogP contribution in [-0.4, -0.2) is 31.7 Å². The van der Waals surface area contributed by atoms with E-state index in [0.29, 0.717) is 0 Å². The van der Waals surface area contributed by atoms with Crippen LogP contribution in [-0.2, 0) is 98.1 Å². The van der Waals surface area contributed by atoms with Crippen LogP contribution in [0.5, 0.6) is 0 Å². The first kappa shape index (κ1) is 37.7. The second kappa shape index (κ2) is 17.6. The van der Waals surface area contributed by atoms with Gasteiger partial charge in [0.15, 0.2) is 0 Å². The van der Waals surface area contributed by atoms with Gasteiger partial charge in [0, 0.05) is 98.1 Å². The normalized spacial score (nSPS) is 9.00. The first-order valence-corrected chi connectivity index (χ1v) is 9.65. The Labute approximate surface area is 274 Å². The van der Waals surface area contributed by atoms with Crippen molar-refractivity contribution in [2.75, 3.05) is 0 Å². The molecule has 3 heterocycles. The molecule has 0 saturated heterocycles. The number of nitrogens with zero attached hydrogens (tertiary/aromatic N) is 6. The molecule has 9 heteroatoms. The van der Waals surface area contributed by atoms with Crippen molar-refractivity contribution >= 4 is 18.0 Å². The van der Waals surface area contributed by atoms with Gasteiger partial charge in [-0.2, -0.15) is 76.9 Å². The van der Waals surface area contributed by atoms with Crippen LogP contribution < -0.4 is 0 Å². The van der Waals surface area contributed by atoms with E-state index in [1.165, 1.54) is 5.56 Å². The smallest absolute Gasteiger partial charge is 0 e. The summed E-state index contributed by atoms with van der Waals surface area (Å²) in [6.07, 6.45) is 11.7. The number of aromatic nitrogens is 3. The minimum absolute atomic E-state index is 0. The number of aryl methyl sites for hydroxylation is 4. The van der Waals surface area contributed by atoms with Crippen molar-refractivity contribution in [3.8, 4) is 0 Å². The summed E-state index contributed by atoms with van der Waals surface area (Å²) in [6.45, 7) is 17.1. The molecule has 3 aromatic rings. The second-order valence-electron chi connectivity index (χ2n) is 7.32. The van der Waals surface area contributed by atoms with Gasteiger partial charge in [0.05, 0.1) is 0 Å². The third kappa shape index (κ3) is 11.2. The van der Waals surface area contributed by atoms with Gasteiger partial charge in [0.2, 0.25) is 0 Å². The second-order valence-corrected chi connectivity index (χ2v) is 7.32. The molecule has 0 N–H and O–H groups in total. The maximum atomic E-state index is 9.07. The predicted octanol–water partition coefficient (Wildman–Crippen LogP) is 5.13. The van der Waals surface area contributed by atoms with Gasteiger partial charge in [-0.15, -0.1) is 11.1 Å². The molecular weight excluding hydrogens is 639 g/mol. The molecule has 0 aliphatic heterocycles. The summed E-state index contributed by atoms with van der Waals surface area (Å²) in [4.78, 5) is 0. The fourth-order valence-electron chi connectivity index (χ4n) is 2.56. The van der Waals surface area contributed by atoms with Gasteiger partial charge in [-0.25, -0.2) is 0 Å². The molecule has 3 aromatic heterocycles. The molecule has 171 valence electrons. The van der Waals surface area contributed by atoms with E-state index in [1.807, 2.05) is 60.7 Å². The zero-order valence-corrected chi connectivity index (χ0v) is 29.7. The predicted molar refractivity (Wildman–Crippen MR) is 127 cm³/mol. The van der Waals surface area contributed by atoms with Gasteiger partial charge >= 0.3 is 0 Å². The average molecular weight is 669 g/mol. The van der Waals surface area contributed by atoms with Crippen LogP contribution in [0.3, 0.4) is 0 Å². The van der Waals surface area contributed by atoms with Gasteiger partial charge in [-0.3, -0.25) is 0 Å². The van der Waals surface area contributed by atoms with E-state index >= 15 is 0 Å². The fraction of sp³-hybridized carbons (Fsp3) is 0.375. The first-order chi connectivity index (χ1) is 13.9. The summed E-state index contributed by atoms with van der Waals surface area (Å²) in [6, 6.07) is 1.86. The number of rotatable bonds is 1. The van der Waals surface area contributed by atoms with Crippen molar-refractivity contribution in [3.63, 3.8) is 0 Å². The molecule has 0 atom stereocenters. The monoisotopic (exact) mass is 669 g/mol. The van der Waals surface area contributed by atoms with E-state index in [2.05, 4.69) is 18.6 Å². The topological polar surface area (TPSA) is 81.7 Å². The Morgan fingerprint density at radius 3 is 1.52 bits per heavy atom. The van der Waals surface area contributed by atoms with Gasteiger partial charge in [0.1, 0.15) is 0 Å². The molecule has 0 saturated carbocycles. The maximum absolute atomic E-state index is 9.07. The van der Waals surface area contributed by atoms with Crippen LogP contribution in [0.15, 0.2) is 12.3 Å². The Kier molecular flexibility index (Phi) is 20.1. The zero-order valence-electron chi connectivity index (χ0n) is 21.1. The molecule has 0 spiro atoms. The SMILES string of the molecule is CC(=[N-])n1[c-]c(C)c(C)c1.CC(=[N-])n1[c-]cc(C)c1C.Cc1[c-]n(C=[N-])c(C)c1C.[Y].[Y].[Y]. The molecule has 0 unspecified atom stereocenters. The standard InChI is InChI=1S/3C8H10N2.3Y/c1-6-4-10(5-9)8(3)7(6)2;1-6-4-10(8(3)9)5-7(6)2;1-6-4-5-10(7(6)2)8(3)9;;;/h5H,1-3H3;2*4H,1-3H3;;;/q3*-2;;;. The summed E-state index contributed by atoms with van der Waals surface area (Å²) in [5, 5.41) is 26.7. The molecule has 0 aromatic carbocycles. The quantitative estimate of drug-likeness (QED) is 0.196. The van der Waals surface area contributed by atoms with E-state index in [1.54, 1.807) is 27.5 Å². The molecule has 0 aliphatic carbocycles. The van der Waals surface area contributed by atoms with Crippen LogP contribution in [0.4, 0.5) is 0 Å². The van der Waals surface area contributed by atoms with Gasteiger partial charge in [-0.1, -0.05) is 62.3 Å². The van der Waals surface area contributed by atoms with Crippen LogP contribution in [0.2, 0.25) is 0 Å². The molecule has 0 fully saturated rings. The minimum atomic E-state index is 0. The summed E-state index contributed by atoms with van der Waals surface area (Å²) < 4.78 is 4.81. The van der Waals surface area contributed by atoms with Crippen molar-refractivity contribution in [2.24, 2.45) is 0 Å². The van der Waals surface area contributed by atoms with E-state index in [9.17, 15) is 0 Å². The summed E-state index contributed by atoms with van der Waals surface area (Å²) in [7, 11) is 0.